The van der Waals surface area contributed by atoms with Crippen LogP contribution in [-0.2, 0) is 27.7 Å². The Kier molecular flexibility index (Phi) is 10.1. The van der Waals surface area contributed by atoms with Crippen molar-refractivity contribution < 1.29 is 27.7 Å². The first kappa shape index (κ1) is 26.6. The summed E-state index contributed by atoms with van der Waals surface area (Å²) in [6, 6.07) is 0. The molecular formula is C21H36Cl2OSiZr. The molecule has 2 aliphatic carbocycles. The number of allylic oxidation sites excluding steroid dienone is 6. The van der Waals surface area contributed by atoms with Gasteiger partial charge < -0.3 is 0 Å². The molecule has 0 heterocycles. The molecule has 0 aromatic carbocycles. The normalized spacial score (nSPS) is 20.3. The predicted molar refractivity (Wildman–Crippen MR) is 119 cm³/mol. The Morgan fingerprint density at radius 1 is 1.12 bits per heavy atom. The quantitative estimate of drug-likeness (QED) is 0.349. The topological polar surface area (TPSA) is 9.23 Å². The summed E-state index contributed by atoms with van der Waals surface area (Å²) in [7, 11) is -1.52. The average molecular weight is 495 g/mol. The van der Waals surface area contributed by atoms with Gasteiger partial charge in [-0.15, -0.1) is 24.8 Å². The molecule has 1 unspecified atom stereocenters. The molecule has 2 rings (SSSR count). The van der Waals surface area contributed by atoms with Gasteiger partial charge in [-0.3, -0.25) is 0 Å². The molecule has 0 aliphatic heterocycles. The summed E-state index contributed by atoms with van der Waals surface area (Å²) in [5.74, 6) is 0. The minimum Gasteiger partial charge on any atom is -0.147 e. The third kappa shape index (κ3) is 5.57. The molecule has 0 fully saturated rings. The zero-order valence-electron chi connectivity index (χ0n) is 17.9. The van der Waals surface area contributed by atoms with E-state index in [0.29, 0.717) is 6.10 Å². The molecule has 5 heteroatoms. The molecule has 1 nitrogen and oxygen atoms in total. The Morgan fingerprint density at radius 3 is 2.12 bits per heavy atom. The van der Waals surface area contributed by atoms with E-state index in [-0.39, 0.29) is 30.2 Å². The van der Waals surface area contributed by atoms with Crippen LogP contribution in [0.2, 0.25) is 19.6 Å². The van der Waals surface area contributed by atoms with Gasteiger partial charge in [0.2, 0.25) is 0 Å². The number of hydrogen-bond acceptors (Lipinski definition) is 1. The summed E-state index contributed by atoms with van der Waals surface area (Å²) in [6.45, 7) is 21.0. The predicted octanol–water partition coefficient (Wildman–Crippen LogP) is 7.41. The van der Waals surface area contributed by atoms with Gasteiger partial charge in [-0.25, -0.2) is 0 Å². The van der Waals surface area contributed by atoms with Gasteiger partial charge in [-0.1, -0.05) is 0 Å². The Morgan fingerprint density at radius 2 is 1.69 bits per heavy atom. The summed E-state index contributed by atoms with van der Waals surface area (Å²) in [5.41, 5.74) is 6.50. The molecule has 1 atom stereocenters. The van der Waals surface area contributed by atoms with Gasteiger partial charge in [0.05, 0.1) is 0 Å². The molecule has 0 saturated heterocycles. The zero-order valence-corrected chi connectivity index (χ0v) is 23.0. The fourth-order valence-corrected chi connectivity index (χ4v) is 9.27. The van der Waals surface area contributed by atoms with Gasteiger partial charge in [0.15, 0.2) is 0 Å². The van der Waals surface area contributed by atoms with Crippen LogP contribution in [-0.4, -0.2) is 14.4 Å². The van der Waals surface area contributed by atoms with Crippen molar-refractivity contribution in [3.63, 3.8) is 0 Å². The van der Waals surface area contributed by atoms with Crippen LogP contribution >= 0.6 is 24.8 Å². The number of rotatable bonds is 6. The van der Waals surface area contributed by atoms with Crippen molar-refractivity contribution in [2.24, 2.45) is 5.41 Å². The van der Waals surface area contributed by atoms with Crippen LogP contribution in [0.5, 0.6) is 0 Å². The molecule has 0 amide bonds. The smallest absolute Gasteiger partial charge is 0.147 e. The van der Waals surface area contributed by atoms with Gasteiger partial charge in [-0.2, -0.15) is 0 Å². The fourth-order valence-electron chi connectivity index (χ4n) is 3.74. The average Bonchev–Trinajstić information content (AvgIpc) is 2.99. The molecule has 0 aromatic rings. The van der Waals surface area contributed by atoms with Gasteiger partial charge in [0, 0.05) is 0 Å². The summed E-state index contributed by atoms with van der Waals surface area (Å²) in [4.78, 5) is 0. The van der Waals surface area contributed by atoms with E-state index in [2.05, 4.69) is 73.3 Å². The van der Waals surface area contributed by atoms with Gasteiger partial charge in [0.25, 0.3) is 0 Å². The first-order valence-electron chi connectivity index (χ1n) is 9.23. The second kappa shape index (κ2) is 9.88. The molecule has 0 spiro atoms. The van der Waals surface area contributed by atoms with Crippen molar-refractivity contribution in [2.45, 2.75) is 80.1 Å². The summed E-state index contributed by atoms with van der Waals surface area (Å²) >= 11 is -0.752. The van der Waals surface area contributed by atoms with Crippen molar-refractivity contribution in [1.29, 1.82) is 0 Å². The number of halogens is 2. The van der Waals surface area contributed by atoms with E-state index >= 15 is 0 Å². The van der Waals surface area contributed by atoms with Crippen molar-refractivity contribution in [1.82, 2.24) is 0 Å². The van der Waals surface area contributed by atoms with E-state index in [9.17, 15) is 0 Å². The van der Waals surface area contributed by atoms with Crippen molar-refractivity contribution in [3.05, 3.63) is 41.0 Å². The van der Waals surface area contributed by atoms with Crippen molar-refractivity contribution >= 4 is 33.1 Å². The SMILES string of the molecule is CCC(O[Si](C)(C)C)C1=[C]([Zr][C]2=C(C)C(C)=C(C)C2(C)C)CC=C1.Cl.Cl. The second-order valence-corrected chi connectivity index (χ2v) is 16.5. The van der Waals surface area contributed by atoms with Crippen LogP contribution in [0.1, 0.15) is 54.4 Å². The van der Waals surface area contributed by atoms with Gasteiger partial charge in [-0.05, 0) is 0 Å². The molecule has 0 N–H and O–H groups in total. The summed E-state index contributed by atoms with van der Waals surface area (Å²) in [6.07, 6.45) is 7.30. The van der Waals surface area contributed by atoms with E-state index < -0.39 is 31.6 Å². The van der Waals surface area contributed by atoms with Crippen LogP contribution in [0.25, 0.3) is 0 Å². The molecule has 26 heavy (non-hydrogen) atoms. The van der Waals surface area contributed by atoms with Gasteiger partial charge >= 0.3 is 163 Å². The Balaban J connectivity index is 0.00000312. The van der Waals surface area contributed by atoms with Crippen LogP contribution < -0.4 is 0 Å². The first-order chi connectivity index (χ1) is 11.0. The van der Waals surface area contributed by atoms with Crippen LogP contribution in [0.4, 0.5) is 0 Å². The minimum absolute atomic E-state index is 0. The van der Waals surface area contributed by atoms with Crippen LogP contribution in [0.15, 0.2) is 41.0 Å². The van der Waals surface area contributed by atoms with E-state index in [4.69, 9.17) is 4.43 Å². The van der Waals surface area contributed by atoms with Crippen LogP contribution in [0.3, 0.4) is 0 Å². The molecule has 0 aromatic heterocycles. The van der Waals surface area contributed by atoms with Crippen molar-refractivity contribution in [2.75, 3.05) is 0 Å². The maximum Gasteiger partial charge on any atom is -0.147 e. The monoisotopic (exact) mass is 492 g/mol. The summed E-state index contributed by atoms with van der Waals surface area (Å²) in [5, 5.41) is 0. The van der Waals surface area contributed by atoms with E-state index in [1.165, 1.54) is 11.1 Å². The molecule has 148 valence electrons. The largest absolute Gasteiger partial charge is 0.147 e. The zero-order chi connectivity index (χ0) is 18.3. The van der Waals surface area contributed by atoms with Gasteiger partial charge in [0.1, 0.15) is 0 Å². The summed E-state index contributed by atoms with van der Waals surface area (Å²) < 4.78 is 10.0. The molecular weight excluding hydrogens is 458 g/mol. The maximum atomic E-state index is 6.52. The fraction of sp³-hybridized carbons (Fsp3) is 0.619. The maximum absolute atomic E-state index is 6.52. The van der Waals surface area contributed by atoms with Crippen molar-refractivity contribution in [3.8, 4) is 0 Å². The third-order valence-electron chi connectivity index (χ3n) is 5.52. The molecule has 0 saturated carbocycles. The first-order valence-corrected chi connectivity index (χ1v) is 15.1. The standard InChI is InChI=1S/C11H19OSi.C10H15.2ClH.Zr/c1-5-11(12-13(2,3)4)10-8-6-7-9-10;1-7-6-10(4,5)9(3)8(7)2;;;/h6,8,11H,5,7H2,1-4H3;1-5H3;2*1H;. The van der Waals surface area contributed by atoms with E-state index in [1.807, 2.05) is 0 Å². The minimum atomic E-state index is -1.52. The Hall–Kier alpha value is 0.600. The Labute approximate surface area is 186 Å². The van der Waals surface area contributed by atoms with E-state index in [0.717, 1.165) is 12.8 Å². The molecule has 0 radical (unpaired) electrons. The van der Waals surface area contributed by atoms with Crippen LogP contribution in [0, 0.1) is 5.41 Å². The molecule has 0 bridgehead atoms. The third-order valence-corrected chi connectivity index (χ3v) is 11.5. The molecule has 2 aliphatic rings. The Bertz CT molecular complexity index is 651. The van der Waals surface area contributed by atoms with E-state index in [1.54, 1.807) is 17.7 Å². The number of hydrogen-bond donors (Lipinski definition) is 0. The second-order valence-electron chi connectivity index (χ2n) is 8.67.